The smallest absolute Gasteiger partial charge is 0.272 e. The van der Waals surface area contributed by atoms with E-state index in [1.54, 1.807) is 7.11 Å². The van der Waals surface area contributed by atoms with Crippen molar-refractivity contribution in [2.24, 2.45) is 7.05 Å². The van der Waals surface area contributed by atoms with Crippen molar-refractivity contribution in [1.82, 2.24) is 20.0 Å². The Labute approximate surface area is 195 Å². The maximum atomic E-state index is 14.0. The maximum absolute atomic E-state index is 14.0. The number of aromatic nitrogens is 2. The number of nitrogens with one attached hydrogen (secondary N) is 1. The Bertz CT molecular complexity index is 1030. The van der Waals surface area contributed by atoms with Crippen molar-refractivity contribution >= 4 is 11.8 Å². The first-order chi connectivity index (χ1) is 16.0. The molecule has 3 aliphatic rings. The van der Waals surface area contributed by atoms with Crippen LogP contribution in [0, 0.1) is 0 Å². The Balaban J connectivity index is 1.40. The first kappa shape index (κ1) is 22.0. The van der Waals surface area contributed by atoms with Crippen LogP contribution in [-0.4, -0.2) is 46.2 Å². The van der Waals surface area contributed by atoms with Crippen LogP contribution in [0.3, 0.4) is 0 Å². The average Bonchev–Trinajstić information content (AvgIpc) is 3.60. The van der Waals surface area contributed by atoms with Gasteiger partial charge in [0.2, 0.25) is 5.91 Å². The third-order valence-electron chi connectivity index (χ3n) is 7.94. The molecule has 2 aromatic rings. The lowest BCUT2D eigenvalue weighted by atomic mass is 9.77. The number of aryl methyl sites for hydroxylation is 1. The number of carbonyl (C=O) groups excluding carboxylic acids is 2. The van der Waals surface area contributed by atoms with Gasteiger partial charge in [0.1, 0.15) is 5.75 Å². The molecular formula is C26H34N4O3. The van der Waals surface area contributed by atoms with Gasteiger partial charge in [-0.1, -0.05) is 37.8 Å². The SMILES string of the molecule is COc1ccc(C2(C(=O)N3CCc4c(c(C(=O)NC5CCCC5)nn4C)C3)CCCC2)cc1. The van der Waals surface area contributed by atoms with E-state index in [-0.39, 0.29) is 17.9 Å². The van der Waals surface area contributed by atoms with E-state index in [1.165, 1.54) is 12.8 Å². The van der Waals surface area contributed by atoms with Gasteiger partial charge in [-0.25, -0.2) is 0 Å². The second-order valence-electron chi connectivity index (χ2n) is 9.85. The van der Waals surface area contributed by atoms with Crippen molar-refractivity contribution in [3.8, 4) is 5.75 Å². The highest BCUT2D eigenvalue weighted by Crippen LogP contribution is 2.44. The molecule has 33 heavy (non-hydrogen) atoms. The van der Waals surface area contributed by atoms with Crippen LogP contribution in [0.1, 0.15) is 78.7 Å². The minimum Gasteiger partial charge on any atom is -0.497 e. The van der Waals surface area contributed by atoms with Crippen molar-refractivity contribution in [3.63, 3.8) is 0 Å². The Morgan fingerprint density at radius 3 is 2.45 bits per heavy atom. The topological polar surface area (TPSA) is 76.5 Å². The average molecular weight is 451 g/mol. The lowest BCUT2D eigenvalue weighted by molar-refractivity contribution is -0.138. The highest BCUT2D eigenvalue weighted by atomic mass is 16.5. The zero-order valence-electron chi connectivity index (χ0n) is 19.7. The summed E-state index contributed by atoms with van der Waals surface area (Å²) in [6.45, 7) is 1.11. The molecule has 1 aliphatic heterocycles. The van der Waals surface area contributed by atoms with Crippen LogP contribution in [-0.2, 0) is 30.2 Å². The number of rotatable bonds is 5. The van der Waals surface area contributed by atoms with E-state index >= 15 is 0 Å². The van der Waals surface area contributed by atoms with Gasteiger partial charge in [-0.3, -0.25) is 14.3 Å². The number of benzene rings is 1. The van der Waals surface area contributed by atoms with Gasteiger partial charge in [-0.05, 0) is 43.4 Å². The lowest BCUT2D eigenvalue weighted by Gasteiger charge is -2.37. The number of ether oxygens (including phenoxy) is 1. The normalized spacial score (nSPS) is 20.0. The second-order valence-corrected chi connectivity index (χ2v) is 9.85. The highest BCUT2D eigenvalue weighted by Gasteiger charge is 2.46. The molecule has 0 radical (unpaired) electrons. The molecule has 1 aromatic heterocycles. The molecule has 0 bridgehead atoms. The molecular weight excluding hydrogens is 416 g/mol. The molecule has 2 heterocycles. The molecule has 2 fully saturated rings. The number of hydrogen-bond donors (Lipinski definition) is 1. The molecule has 2 saturated carbocycles. The van der Waals surface area contributed by atoms with Crippen LogP contribution in [0.25, 0.3) is 0 Å². The van der Waals surface area contributed by atoms with Crippen LogP contribution in [0.4, 0.5) is 0 Å². The van der Waals surface area contributed by atoms with E-state index in [4.69, 9.17) is 4.74 Å². The monoisotopic (exact) mass is 450 g/mol. The summed E-state index contributed by atoms with van der Waals surface area (Å²) in [6, 6.07) is 8.23. The fourth-order valence-electron chi connectivity index (χ4n) is 6.09. The number of carbonyl (C=O) groups is 2. The minimum absolute atomic E-state index is 0.0983. The summed E-state index contributed by atoms with van der Waals surface area (Å²) in [5.41, 5.74) is 3.05. The van der Waals surface area contributed by atoms with Crippen molar-refractivity contribution in [1.29, 1.82) is 0 Å². The van der Waals surface area contributed by atoms with E-state index in [1.807, 2.05) is 40.9 Å². The number of fused-ring (bicyclic) bond motifs is 1. The van der Waals surface area contributed by atoms with Crippen molar-refractivity contribution in [3.05, 3.63) is 46.8 Å². The molecule has 0 saturated heterocycles. The van der Waals surface area contributed by atoms with Gasteiger partial charge in [-0.2, -0.15) is 5.10 Å². The van der Waals surface area contributed by atoms with E-state index in [2.05, 4.69) is 10.4 Å². The zero-order valence-corrected chi connectivity index (χ0v) is 19.7. The summed E-state index contributed by atoms with van der Waals surface area (Å²) >= 11 is 0. The molecule has 2 aliphatic carbocycles. The van der Waals surface area contributed by atoms with Gasteiger partial charge in [0.05, 0.1) is 12.5 Å². The number of methoxy groups -OCH3 is 1. The van der Waals surface area contributed by atoms with E-state index in [0.29, 0.717) is 18.8 Å². The second kappa shape index (κ2) is 8.84. The van der Waals surface area contributed by atoms with Gasteiger partial charge in [0.25, 0.3) is 5.91 Å². The van der Waals surface area contributed by atoms with Crippen LogP contribution < -0.4 is 10.1 Å². The van der Waals surface area contributed by atoms with Gasteiger partial charge in [-0.15, -0.1) is 0 Å². The van der Waals surface area contributed by atoms with Crippen molar-refractivity contribution in [2.45, 2.75) is 75.8 Å². The van der Waals surface area contributed by atoms with Crippen LogP contribution in [0.2, 0.25) is 0 Å². The number of nitrogens with zero attached hydrogens (tertiary/aromatic N) is 3. The molecule has 0 atom stereocenters. The molecule has 0 unspecified atom stereocenters. The first-order valence-corrected chi connectivity index (χ1v) is 12.3. The summed E-state index contributed by atoms with van der Waals surface area (Å²) in [7, 11) is 3.56. The molecule has 176 valence electrons. The molecule has 0 spiro atoms. The Hall–Kier alpha value is -2.83. The quantitative estimate of drug-likeness (QED) is 0.757. The highest BCUT2D eigenvalue weighted by molar-refractivity contribution is 5.95. The summed E-state index contributed by atoms with van der Waals surface area (Å²) in [6.07, 6.45) is 8.97. The third-order valence-corrected chi connectivity index (χ3v) is 7.94. The van der Waals surface area contributed by atoms with Gasteiger partial charge in [0.15, 0.2) is 5.69 Å². The van der Waals surface area contributed by atoms with Crippen LogP contribution >= 0.6 is 0 Å². The summed E-state index contributed by atoms with van der Waals surface area (Å²) in [4.78, 5) is 29.0. The predicted molar refractivity (Wildman–Crippen MR) is 125 cm³/mol. The molecule has 5 rings (SSSR count). The Morgan fingerprint density at radius 2 is 1.79 bits per heavy atom. The van der Waals surface area contributed by atoms with Gasteiger partial charge >= 0.3 is 0 Å². The van der Waals surface area contributed by atoms with Crippen LogP contribution in [0.5, 0.6) is 5.75 Å². The van der Waals surface area contributed by atoms with Crippen LogP contribution in [0.15, 0.2) is 24.3 Å². The fraction of sp³-hybridized carbons (Fsp3) is 0.577. The van der Waals surface area contributed by atoms with E-state index in [0.717, 1.165) is 67.5 Å². The Morgan fingerprint density at radius 1 is 1.09 bits per heavy atom. The molecule has 2 amide bonds. The minimum atomic E-state index is -0.488. The fourth-order valence-corrected chi connectivity index (χ4v) is 6.09. The van der Waals surface area contributed by atoms with Crippen molar-refractivity contribution < 1.29 is 14.3 Å². The van der Waals surface area contributed by atoms with E-state index in [9.17, 15) is 9.59 Å². The summed E-state index contributed by atoms with van der Waals surface area (Å²) < 4.78 is 7.15. The lowest BCUT2D eigenvalue weighted by Crippen LogP contribution is -2.47. The predicted octanol–water partition coefficient (Wildman–Crippen LogP) is 3.50. The summed E-state index contributed by atoms with van der Waals surface area (Å²) in [5, 5.41) is 7.74. The maximum Gasteiger partial charge on any atom is 0.272 e. The number of amides is 2. The number of hydrogen-bond acceptors (Lipinski definition) is 4. The standard InChI is InChI=1S/C26H34N4O3/c1-29-22-13-16-30(17-21(22)23(28-29)24(31)27-19-7-3-4-8-19)25(32)26(14-5-6-15-26)18-9-11-20(33-2)12-10-18/h9-12,19H,3-8,13-17H2,1-2H3,(H,27,31). The van der Waals surface area contributed by atoms with E-state index < -0.39 is 5.41 Å². The van der Waals surface area contributed by atoms with Gasteiger partial charge < -0.3 is 15.0 Å². The summed E-state index contributed by atoms with van der Waals surface area (Å²) in [5.74, 6) is 0.885. The largest absolute Gasteiger partial charge is 0.497 e. The molecule has 1 N–H and O–H groups in total. The first-order valence-electron chi connectivity index (χ1n) is 12.3. The Kier molecular flexibility index (Phi) is 5.89. The molecule has 1 aromatic carbocycles. The third kappa shape index (κ3) is 3.91. The molecule has 7 heteroatoms. The molecule has 7 nitrogen and oxygen atoms in total. The zero-order chi connectivity index (χ0) is 23.0. The van der Waals surface area contributed by atoms with Gasteiger partial charge in [0, 0.05) is 43.9 Å². The van der Waals surface area contributed by atoms with Crippen molar-refractivity contribution in [2.75, 3.05) is 13.7 Å².